The van der Waals surface area contributed by atoms with Crippen LogP contribution in [-0.4, -0.2) is 49.7 Å². The number of nitrogens with zero attached hydrogens (tertiary/aromatic N) is 3. The molecule has 1 unspecified atom stereocenters. The van der Waals surface area contributed by atoms with E-state index < -0.39 is 0 Å². The Morgan fingerprint density at radius 2 is 1.95 bits per heavy atom. The van der Waals surface area contributed by atoms with Gasteiger partial charge < -0.3 is 10.2 Å². The van der Waals surface area contributed by atoms with Gasteiger partial charge in [-0.05, 0) is 32.4 Å². The number of hydrogen-bond acceptors (Lipinski definition) is 5. The molecule has 0 aliphatic carbocycles. The van der Waals surface area contributed by atoms with Crippen molar-refractivity contribution in [2.24, 2.45) is 0 Å². The van der Waals surface area contributed by atoms with E-state index in [4.69, 9.17) is 4.98 Å². The first-order chi connectivity index (χ1) is 10.2. The molecule has 1 saturated heterocycles. The molecule has 2 rings (SSSR count). The fourth-order valence-corrected chi connectivity index (χ4v) is 4.07. The van der Waals surface area contributed by atoms with E-state index in [9.17, 15) is 0 Å². The lowest BCUT2D eigenvalue weighted by Crippen LogP contribution is -2.46. The number of aromatic nitrogens is 1. The Balaban J connectivity index is 2.06. The second-order valence-corrected chi connectivity index (χ2v) is 7.04. The smallest absolute Gasteiger partial charge is 0.185 e. The van der Waals surface area contributed by atoms with Crippen LogP contribution in [0, 0.1) is 0 Å². The van der Waals surface area contributed by atoms with Gasteiger partial charge in [0.05, 0.1) is 5.69 Å². The molecule has 1 fully saturated rings. The minimum atomic E-state index is 0.555. The highest BCUT2D eigenvalue weighted by Gasteiger charge is 2.22. The third-order valence-corrected chi connectivity index (χ3v) is 5.45. The molecule has 120 valence electrons. The van der Waals surface area contributed by atoms with E-state index >= 15 is 0 Å². The Kier molecular flexibility index (Phi) is 6.45. The lowest BCUT2D eigenvalue weighted by molar-refractivity contribution is 0.258. The van der Waals surface area contributed by atoms with Gasteiger partial charge in [-0.15, -0.1) is 11.3 Å². The Bertz CT molecular complexity index is 424. The van der Waals surface area contributed by atoms with Crippen molar-refractivity contribution >= 4 is 16.5 Å². The molecule has 5 heteroatoms. The minimum Gasteiger partial charge on any atom is -0.346 e. The van der Waals surface area contributed by atoms with Crippen molar-refractivity contribution in [2.75, 3.05) is 44.7 Å². The molecule has 1 N–H and O–H groups in total. The molecule has 0 amide bonds. The van der Waals surface area contributed by atoms with Crippen LogP contribution in [0.3, 0.4) is 0 Å². The molecule has 0 radical (unpaired) electrons. The van der Waals surface area contributed by atoms with E-state index in [1.807, 2.05) is 18.4 Å². The second kappa shape index (κ2) is 8.11. The van der Waals surface area contributed by atoms with Gasteiger partial charge in [-0.2, -0.15) is 0 Å². The first-order valence-corrected chi connectivity index (χ1v) is 9.12. The molecule has 0 spiro atoms. The maximum Gasteiger partial charge on any atom is 0.185 e. The Morgan fingerprint density at radius 3 is 2.52 bits per heavy atom. The fourth-order valence-electron chi connectivity index (χ4n) is 2.83. The maximum atomic E-state index is 4.98. The number of thiazole rings is 1. The number of nitrogens with one attached hydrogen (secondary N) is 1. The first-order valence-electron chi connectivity index (χ1n) is 8.31. The fraction of sp³-hybridized carbons (Fsp3) is 0.812. The quantitative estimate of drug-likeness (QED) is 0.839. The summed E-state index contributed by atoms with van der Waals surface area (Å²) in [5.41, 5.74) is 1.31. The van der Waals surface area contributed by atoms with Crippen LogP contribution in [0.15, 0.2) is 0 Å². The summed E-state index contributed by atoms with van der Waals surface area (Å²) in [6, 6.07) is 0. The monoisotopic (exact) mass is 310 g/mol. The SMILES string of the molecule is CCCN1CCN(c2nc(C(C)CC)c(CNC)s2)CC1. The molecular formula is C16H30N4S. The molecule has 1 aliphatic heterocycles. The molecule has 4 nitrogen and oxygen atoms in total. The number of piperazine rings is 1. The predicted molar refractivity (Wildman–Crippen MR) is 92.5 cm³/mol. The average Bonchev–Trinajstić information content (AvgIpc) is 2.92. The van der Waals surface area contributed by atoms with E-state index in [0.717, 1.165) is 26.1 Å². The van der Waals surface area contributed by atoms with Gasteiger partial charge >= 0.3 is 0 Å². The van der Waals surface area contributed by atoms with Gasteiger partial charge in [0.25, 0.3) is 0 Å². The molecule has 21 heavy (non-hydrogen) atoms. The molecule has 1 aromatic heterocycles. The topological polar surface area (TPSA) is 31.4 Å². The summed E-state index contributed by atoms with van der Waals surface area (Å²) < 4.78 is 0. The predicted octanol–water partition coefficient (Wildman–Crippen LogP) is 2.91. The van der Waals surface area contributed by atoms with Crippen molar-refractivity contribution in [3.05, 3.63) is 10.6 Å². The van der Waals surface area contributed by atoms with Crippen LogP contribution < -0.4 is 10.2 Å². The zero-order chi connectivity index (χ0) is 15.2. The van der Waals surface area contributed by atoms with Gasteiger partial charge in [-0.1, -0.05) is 20.8 Å². The van der Waals surface area contributed by atoms with Crippen LogP contribution in [0.2, 0.25) is 0 Å². The van der Waals surface area contributed by atoms with E-state index in [-0.39, 0.29) is 0 Å². The summed E-state index contributed by atoms with van der Waals surface area (Å²) in [7, 11) is 2.02. The summed E-state index contributed by atoms with van der Waals surface area (Å²) in [6.07, 6.45) is 2.41. The summed E-state index contributed by atoms with van der Waals surface area (Å²) >= 11 is 1.88. The zero-order valence-electron chi connectivity index (χ0n) is 14.0. The van der Waals surface area contributed by atoms with Gasteiger partial charge in [0.2, 0.25) is 0 Å². The summed E-state index contributed by atoms with van der Waals surface area (Å²) in [5.74, 6) is 0.555. The van der Waals surface area contributed by atoms with E-state index in [0.29, 0.717) is 5.92 Å². The van der Waals surface area contributed by atoms with Crippen molar-refractivity contribution < 1.29 is 0 Å². The largest absolute Gasteiger partial charge is 0.346 e. The standard InChI is InChI=1S/C16H30N4S/c1-5-7-19-8-10-20(11-9-19)16-18-15(13(3)6-2)14(21-16)12-17-4/h13,17H,5-12H2,1-4H3. The second-order valence-electron chi connectivity index (χ2n) is 5.97. The molecule has 0 saturated carbocycles. The third-order valence-electron chi connectivity index (χ3n) is 4.32. The lowest BCUT2D eigenvalue weighted by Gasteiger charge is -2.34. The number of rotatable bonds is 7. The average molecular weight is 311 g/mol. The Hall–Kier alpha value is -0.650. The van der Waals surface area contributed by atoms with Crippen molar-refractivity contribution in [3.8, 4) is 0 Å². The first kappa shape index (κ1) is 16.7. The highest BCUT2D eigenvalue weighted by atomic mass is 32.1. The highest BCUT2D eigenvalue weighted by Crippen LogP contribution is 2.32. The molecule has 1 aromatic rings. The van der Waals surface area contributed by atoms with Crippen LogP contribution >= 0.6 is 11.3 Å². The van der Waals surface area contributed by atoms with E-state index in [2.05, 4.69) is 35.9 Å². The Morgan fingerprint density at radius 1 is 1.24 bits per heavy atom. The van der Waals surface area contributed by atoms with E-state index in [1.54, 1.807) is 0 Å². The highest BCUT2D eigenvalue weighted by molar-refractivity contribution is 7.15. The van der Waals surface area contributed by atoms with Crippen LogP contribution in [0.5, 0.6) is 0 Å². The zero-order valence-corrected chi connectivity index (χ0v) is 14.8. The maximum absolute atomic E-state index is 4.98. The van der Waals surface area contributed by atoms with Crippen molar-refractivity contribution in [1.82, 2.24) is 15.2 Å². The normalized spacial score (nSPS) is 18.2. The van der Waals surface area contributed by atoms with Gasteiger partial charge in [0, 0.05) is 37.6 Å². The summed E-state index contributed by atoms with van der Waals surface area (Å²) in [6.45, 7) is 13.5. The molecule has 1 aliphatic rings. The molecule has 2 heterocycles. The molecule has 0 aromatic carbocycles. The van der Waals surface area contributed by atoms with Crippen molar-refractivity contribution in [3.63, 3.8) is 0 Å². The van der Waals surface area contributed by atoms with Crippen LogP contribution in [0.25, 0.3) is 0 Å². The van der Waals surface area contributed by atoms with Gasteiger partial charge in [0.1, 0.15) is 0 Å². The van der Waals surface area contributed by atoms with E-state index in [1.165, 1.54) is 41.8 Å². The van der Waals surface area contributed by atoms with Crippen LogP contribution in [0.4, 0.5) is 5.13 Å². The van der Waals surface area contributed by atoms with Crippen molar-refractivity contribution in [1.29, 1.82) is 0 Å². The third kappa shape index (κ3) is 4.18. The van der Waals surface area contributed by atoms with Gasteiger partial charge in [-0.3, -0.25) is 4.90 Å². The Labute approximate surface area is 133 Å². The number of anilines is 1. The van der Waals surface area contributed by atoms with Crippen molar-refractivity contribution in [2.45, 2.75) is 46.1 Å². The van der Waals surface area contributed by atoms with Gasteiger partial charge in [-0.25, -0.2) is 4.98 Å². The molecule has 0 bridgehead atoms. The minimum absolute atomic E-state index is 0.555. The molecular weight excluding hydrogens is 280 g/mol. The summed E-state index contributed by atoms with van der Waals surface area (Å²) in [4.78, 5) is 11.4. The van der Waals surface area contributed by atoms with Gasteiger partial charge in [0.15, 0.2) is 5.13 Å². The lowest BCUT2D eigenvalue weighted by atomic mass is 10.0. The van der Waals surface area contributed by atoms with Crippen LogP contribution in [0.1, 0.15) is 50.1 Å². The number of hydrogen-bond donors (Lipinski definition) is 1. The summed E-state index contributed by atoms with van der Waals surface area (Å²) in [5, 5.41) is 4.52. The van der Waals surface area contributed by atoms with Crippen LogP contribution in [-0.2, 0) is 6.54 Å². The molecule has 1 atom stereocenters.